The van der Waals surface area contributed by atoms with Crippen LogP contribution in [0.15, 0.2) is 24.3 Å². The Morgan fingerprint density at radius 3 is 2.33 bits per heavy atom. The molecule has 0 radical (unpaired) electrons. The quantitative estimate of drug-likeness (QED) is 0.541. The van der Waals surface area contributed by atoms with E-state index >= 15 is 0 Å². The molecule has 170 valence electrons. The molecule has 3 rings (SSSR count). The molecule has 0 fully saturated rings. The average Bonchev–Trinajstić information content (AvgIpc) is 3.05. The van der Waals surface area contributed by atoms with E-state index in [-0.39, 0.29) is 5.41 Å². The summed E-state index contributed by atoms with van der Waals surface area (Å²) < 4.78 is 2.40. The Labute approximate surface area is 185 Å². The maximum Gasteiger partial charge on any atom is 0.130 e. The number of rotatable bonds is 3. The normalized spacial score (nSPS) is 22.2. The minimum Gasteiger partial charge on any atom is -0.347 e. The minimum absolute atomic E-state index is 0.0564. The third-order valence-corrected chi connectivity index (χ3v) is 6.85. The Hall–Kier alpha value is -1.61. The van der Waals surface area contributed by atoms with Gasteiger partial charge in [0, 0.05) is 42.5 Å². The van der Waals surface area contributed by atoms with Gasteiger partial charge in [-0.2, -0.15) is 0 Å². The summed E-state index contributed by atoms with van der Waals surface area (Å²) in [5, 5.41) is 1.39. The summed E-state index contributed by atoms with van der Waals surface area (Å²) in [7, 11) is 4.44. The smallest absolute Gasteiger partial charge is 0.130 e. The molecule has 2 heterocycles. The second kappa shape index (κ2) is 12.3. The number of carbonyl (C=O) groups excluding carboxylic acids is 1. The molecule has 3 heteroatoms. The van der Waals surface area contributed by atoms with Crippen molar-refractivity contribution in [2.75, 3.05) is 20.1 Å². The highest BCUT2D eigenvalue weighted by Crippen LogP contribution is 2.48. The van der Waals surface area contributed by atoms with E-state index in [0.29, 0.717) is 18.1 Å². The van der Waals surface area contributed by atoms with Gasteiger partial charge in [-0.05, 0) is 63.2 Å². The van der Waals surface area contributed by atoms with Crippen LogP contribution in [0.3, 0.4) is 0 Å². The highest BCUT2D eigenvalue weighted by molar-refractivity contribution is 5.86. The lowest BCUT2D eigenvalue weighted by molar-refractivity contribution is -0.120. The Balaban J connectivity index is 0.00000106. The van der Waals surface area contributed by atoms with Crippen LogP contribution in [0.25, 0.3) is 10.9 Å². The van der Waals surface area contributed by atoms with Gasteiger partial charge in [-0.25, -0.2) is 0 Å². The van der Waals surface area contributed by atoms with Gasteiger partial charge in [0.2, 0.25) is 0 Å². The van der Waals surface area contributed by atoms with Gasteiger partial charge in [0.25, 0.3) is 0 Å². The number of hydrogen-bond acceptors (Lipinski definition) is 2. The maximum absolute atomic E-state index is 12.2. The summed E-state index contributed by atoms with van der Waals surface area (Å²) in [4.78, 5) is 14.6. The summed E-state index contributed by atoms with van der Waals surface area (Å²) in [5.41, 5.74) is 4.32. The predicted octanol–water partition coefficient (Wildman–Crippen LogP) is 6.98. The van der Waals surface area contributed by atoms with E-state index < -0.39 is 0 Å². The molecule has 0 N–H and O–H groups in total. The zero-order valence-electron chi connectivity index (χ0n) is 21.1. The first-order valence-corrected chi connectivity index (χ1v) is 12.1. The third-order valence-electron chi connectivity index (χ3n) is 6.85. The Kier molecular flexibility index (Phi) is 10.8. The number of hydrogen-bond donors (Lipinski definition) is 0. The van der Waals surface area contributed by atoms with Gasteiger partial charge in [0.15, 0.2) is 0 Å². The van der Waals surface area contributed by atoms with Crippen molar-refractivity contribution in [2.24, 2.45) is 12.5 Å². The van der Waals surface area contributed by atoms with Gasteiger partial charge >= 0.3 is 0 Å². The SMILES string of the molecule is CC.CC.CCC1(CC(C)=O)CCCN(C)CCc2c(n(C)c3ccccc23)C1C. The van der Waals surface area contributed by atoms with Crippen LogP contribution in [-0.4, -0.2) is 35.4 Å². The molecule has 0 bridgehead atoms. The van der Waals surface area contributed by atoms with E-state index in [0.717, 1.165) is 32.4 Å². The second-order valence-electron chi connectivity index (χ2n) is 8.41. The number of carbonyl (C=O) groups is 1. The maximum atomic E-state index is 12.2. The zero-order chi connectivity index (χ0) is 22.9. The Morgan fingerprint density at radius 1 is 1.10 bits per heavy atom. The lowest BCUT2D eigenvalue weighted by Gasteiger charge is -2.40. The number of fused-ring (bicyclic) bond motifs is 3. The molecule has 2 aromatic rings. The van der Waals surface area contributed by atoms with Crippen LogP contribution in [0.4, 0.5) is 0 Å². The standard InChI is InChI=1S/C23H34N2O.2C2H6/c1-6-23(16-17(2)26)13-9-14-24(4)15-12-20-19-10-7-8-11-21(19)25(5)22(20)18(23)3;2*1-2/h7-8,10-11,18H,6,9,12-16H2,1-5H3;2*1-2H3. The highest BCUT2D eigenvalue weighted by Gasteiger charge is 2.39. The Morgan fingerprint density at radius 2 is 1.73 bits per heavy atom. The number of likely N-dealkylation sites (N-methyl/N-ethyl adjacent to an activating group) is 1. The van der Waals surface area contributed by atoms with Gasteiger partial charge in [-0.15, -0.1) is 0 Å². The number of aromatic nitrogens is 1. The van der Waals surface area contributed by atoms with E-state index in [4.69, 9.17) is 0 Å². The van der Waals surface area contributed by atoms with Crippen molar-refractivity contribution in [1.82, 2.24) is 9.47 Å². The van der Waals surface area contributed by atoms with Crippen molar-refractivity contribution in [2.45, 2.75) is 86.5 Å². The molecule has 1 aliphatic rings. The zero-order valence-corrected chi connectivity index (χ0v) is 21.1. The minimum atomic E-state index is 0.0564. The molecule has 1 aliphatic heterocycles. The summed E-state index contributed by atoms with van der Waals surface area (Å²) in [5.74, 6) is 0.705. The number of para-hydroxylation sites is 1. The van der Waals surface area contributed by atoms with Crippen LogP contribution >= 0.6 is 0 Å². The van der Waals surface area contributed by atoms with Crippen molar-refractivity contribution in [1.29, 1.82) is 0 Å². The van der Waals surface area contributed by atoms with Crippen LogP contribution < -0.4 is 0 Å². The molecule has 0 saturated heterocycles. The van der Waals surface area contributed by atoms with Crippen LogP contribution in [-0.2, 0) is 18.3 Å². The first-order valence-electron chi connectivity index (χ1n) is 12.1. The summed E-state index contributed by atoms with van der Waals surface area (Å²) in [6.07, 6.45) is 5.11. The van der Waals surface area contributed by atoms with Gasteiger partial charge in [0.05, 0.1) is 0 Å². The number of nitrogens with zero attached hydrogens (tertiary/aromatic N) is 2. The molecule has 0 spiro atoms. The van der Waals surface area contributed by atoms with Gasteiger partial charge in [-0.3, -0.25) is 0 Å². The largest absolute Gasteiger partial charge is 0.347 e. The van der Waals surface area contributed by atoms with Gasteiger partial charge in [-0.1, -0.05) is 59.7 Å². The van der Waals surface area contributed by atoms with Gasteiger partial charge < -0.3 is 14.3 Å². The molecule has 2 atom stereocenters. The number of aryl methyl sites for hydroxylation is 1. The fourth-order valence-corrected chi connectivity index (χ4v) is 5.27. The lowest BCUT2D eigenvalue weighted by atomic mass is 9.66. The van der Waals surface area contributed by atoms with Crippen LogP contribution in [0.2, 0.25) is 0 Å². The number of Topliss-reactive ketones (excluding diaryl/α,β-unsaturated/α-hetero) is 1. The van der Waals surface area contributed by atoms with Crippen LogP contribution in [0.1, 0.15) is 91.3 Å². The molecule has 1 aromatic carbocycles. The topological polar surface area (TPSA) is 25.2 Å². The fraction of sp³-hybridized carbons (Fsp3) is 0.667. The van der Waals surface area contributed by atoms with E-state index in [1.807, 2.05) is 27.7 Å². The molecule has 2 unspecified atom stereocenters. The van der Waals surface area contributed by atoms with Crippen molar-refractivity contribution >= 4 is 16.7 Å². The predicted molar refractivity (Wildman–Crippen MR) is 132 cm³/mol. The molecule has 1 aromatic heterocycles. The lowest BCUT2D eigenvalue weighted by Crippen LogP contribution is -2.34. The van der Waals surface area contributed by atoms with E-state index in [1.165, 1.54) is 28.6 Å². The molecule has 30 heavy (non-hydrogen) atoms. The molecule has 0 aliphatic carbocycles. The van der Waals surface area contributed by atoms with Crippen LogP contribution in [0.5, 0.6) is 0 Å². The molecule has 0 amide bonds. The molecule has 3 nitrogen and oxygen atoms in total. The monoisotopic (exact) mass is 414 g/mol. The average molecular weight is 415 g/mol. The van der Waals surface area contributed by atoms with Crippen LogP contribution in [0, 0.1) is 5.41 Å². The summed E-state index contributed by atoms with van der Waals surface area (Å²) in [6, 6.07) is 8.79. The van der Waals surface area contributed by atoms with Gasteiger partial charge in [0.1, 0.15) is 5.78 Å². The first-order chi connectivity index (χ1) is 14.4. The summed E-state index contributed by atoms with van der Waals surface area (Å²) >= 11 is 0. The first kappa shape index (κ1) is 26.4. The summed E-state index contributed by atoms with van der Waals surface area (Å²) in [6.45, 7) is 16.6. The molecule has 0 saturated carbocycles. The fourth-order valence-electron chi connectivity index (χ4n) is 5.27. The van der Waals surface area contributed by atoms with Crippen molar-refractivity contribution in [3.8, 4) is 0 Å². The van der Waals surface area contributed by atoms with Crippen molar-refractivity contribution in [3.05, 3.63) is 35.5 Å². The molecular formula is C27H46N2O. The van der Waals surface area contributed by atoms with Crippen molar-refractivity contribution < 1.29 is 4.79 Å². The number of benzene rings is 1. The second-order valence-corrected chi connectivity index (χ2v) is 8.41. The van der Waals surface area contributed by atoms with E-state index in [9.17, 15) is 4.79 Å². The van der Waals surface area contributed by atoms with E-state index in [2.05, 4.69) is 61.7 Å². The number of ketones is 1. The van der Waals surface area contributed by atoms with Crippen molar-refractivity contribution in [3.63, 3.8) is 0 Å². The Bertz CT molecular complexity index is 792. The third kappa shape index (κ3) is 5.55. The molecular weight excluding hydrogens is 368 g/mol. The highest BCUT2D eigenvalue weighted by atomic mass is 16.1. The van der Waals surface area contributed by atoms with E-state index in [1.54, 1.807) is 6.92 Å².